The predicted octanol–water partition coefficient (Wildman–Crippen LogP) is -0.0296. The third kappa shape index (κ3) is 3.50. The van der Waals surface area contributed by atoms with Crippen LogP contribution in [0.1, 0.15) is 6.42 Å². The minimum atomic E-state index is -0.0626. The zero-order valence-corrected chi connectivity index (χ0v) is 7.31. The molecule has 0 aliphatic heterocycles. The molecule has 0 bridgehead atoms. The van der Waals surface area contributed by atoms with Crippen molar-refractivity contribution in [1.29, 1.82) is 0 Å². The molecule has 0 fully saturated rings. The summed E-state index contributed by atoms with van der Waals surface area (Å²) in [6, 6.07) is 0. The molecule has 1 N–H and O–H groups in total. The van der Waals surface area contributed by atoms with E-state index in [0.29, 0.717) is 6.54 Å². The van der Waals surface area contributed by atoms with Crippen molar-refractivity contribution in [1.82, 2.24) is 20.3 Å². The standard InChI is InChI=1S/C8H12N4O/c1-2-3-4-9-8(13)7-12-6-5-10-11-12/h2,5-6H,1,3-4,7H2,(H,9,13). The first-order valence-electron chi connectivity index (χ1n) is 4.04. The second-order valence-corrected chi connectivity index (χ2v) is 2.53. The first kappa shape index (κ1) is 9.44. The number of amides is 1. The Bertz CT molecular complexity index is 268. The van der Waals surface area contributed by atoms with Gasteiger partial charge in [0.1, 0.15) is 6.54 Å². The van der Waals surface area contributed by atoms with Crippen molar-refractivity contribution < 1.29 is 4.79 Å². The molecule has 13 heavy (non-hydrogen) atoms. The lowest BCUT2D eigenvalue weighted by Gasteiger charge is -2.02. The third-order valence-corrected chi connectivity index (χ3v) is 1.45. The van der Waals surface area contributed by atoms with Gasteiger partial charge in [0.25, 0.3) is 0 Å². The largest absolute Gasteiger partial charge is 0.354 e. The van der Waals surface area contributed by atoms with Gasteiger partial charge >= 0.3 is 0 Å². The quantitative estimate of drug-likeness (QED) is 0.511. The molecule has 1 rings (SSSR count). The van der Waals surface area contributed by atoms with E-state index in [1.54, 1.807) is 12.3 Å². The smallest absolute Gasteiger partial charge is 0.241 e. The molecule has 0 saturated heterocycles. The Morgan fingerprint density at radius 2 is 2.54 bits per heavy atom. The van der Waals surface area contributed by atoms with Crippen molar-refractivity contribution >= 4 is 5.91 Å². The van der Waals surface area contributed by atoms with E-state index in [0.717, 1.165) is 6.42 Å². The zero-order chi connectivity index (χ0) is 9.52. The summed E-state index contributed by atoms with van der Waals surface area (Å²) in [5.74, 6) is -0.0626. The van der Waals surface area contributed by atoms with E-state index in [4.69, 9.17) is 0 Å². The summed E-state index contributed by atoms with van der Waals surface area (Å²) in [6.07, 6.45) is 5.73. The van der Waals surface area contributed by atoms with E-state index >= 15 is 0 Å². The van der Waals surface area contributed by atoms with Crippen molar-refractivity contribution in [3.63, 3.8) is 0 Å². The number of nitrogens with zero attached hydrogens (tertiary/aromatic N) is 3. The molecule has 0 radical (unpaired) electrons. The van der Waals surface area contributed by atoms with E-state index in [9.17, 15) is 4.79 Å². The fourth-order valence-corrected chi connectivity index (χ4v) is 0.834. The molecule has 1 heterocycles. The highest BCUT2D eigenvalue weighted by molar-refractivity contribution is 5.75. The molecule has 1 amide bonds. The van der Waals surface area contributed by atoms with Crippen LogP contribution in [-0.4, -0.2) is 27.4 Å². The fraction of sp³-hybridized carbons (Fsp3) is 0.375. The van der Waals surface area contributed by atoms with Crippen molar-refractivity contribution in [2.24, 2.45) is 0 Å². The van der Waals surface area contributed by atoms with E-state index in [2.05, 4.69) is 22.2 Å². The maximum Gasteiger partial charge on any atom is 0.241 e. The van der Waals surface area contributed by atoms with Crippen LogP contribution in [0.4, 0.5) is 0 Å². The van der Waals surface area contributed by atoms with Crippen LogP contribution in [0.25, 0.3) is 0 Å². The lowest BCUT2D eigenvalue weighted by molar-refractivity contribution is -0.121. The zero-order valence-electron chi connectivity index (χ0n) is 7.31. The Morgan fingerprint density at radius 3 is 3.15 bits per heavy atom. The Hall–Kier alpha value is -1.65. The molecule has 0 aliphatic carbocycles. The van der Waals surface area contributed by atoms with Crippen LogP contribution in [0.5, 0.6) is 0 Å². The molecule has 0 aliphatic rings. The number of nitrogens with one attached hydrogen (secondary N) is 1. The summed E-state index contributed by atoms with van der Waals surface area (Å²) in [4.78, 5) is 11.2. The Morgan fingerprint density at radius 1 is 1.69 bits per heavy atom. The van der Waals surface area contributed by atoms with E-state index in [1.165, 1.54) is 10.9 Å². The summed E-state index contributed by atoms with van der Waals surface area (Å²) in [7, 11) is 0. The van der Waals surface area contributed by atoms with Crippen molar-refractivity contribution in [2.45, 2.75) is 13.0 Å². The molecule has 5 heteroatoms. The van der Waals surface area contributed by atoms with Crippen LogP contribution in [0.2, 0.25) is 0 Å². The van der Waals surface area contributed by atoms with Gasteiger partial charge in [-0.3, -0.25) is 4.79 Å². The van der Waals surface area contributed by atoms with Gasteiger partial charge in [0.2, 0.25) is 5.91 Å². The molecule has 0 unspecified atom stereocenters. The molecule has 0 aromatic carbocycles. The fourth-order valence-electron chi connectivity index (χ4n) is 0.834. The number of aromatic nitrogens is 3. The number of hydrogen-bond acceptors (Lipinski definition) is 3. The van der Waals surface area contributed by atoms with E-state index in [-0.39, 0.29) is 12.5 Å². The van der Waals surface area contributed by atoms with Crippen LogP contribution >= 0.6 is 0 Å². The molecular formula is C8H12N4O. The lowest BCUT2D eigenvalue weighted by Crippen LogP contribution is -2.28. The minimum Gasteiger partial charge on any atom is -0.354 e. The van der Waals surface area contributed by atoms with Crippen molar-refractivity contribution in [3.8, 4) is 0 Å². The lowest BCUT2D eigenvalue weighted by atomic mass is 10.4. The van der Waals surface area contributed by atoms with Crippen LogP contribution in [-0.2, 0) is 11.3 Å². The van der Waals surface area contributed by atoms with E-state index < -0.39 is 0 Å². The van der Waals surface area contributed by atoms with Gasteiger partial charge in [0, 0.05) is 12.7 Å². The average molecular weight is 180 g/mol. The van der Waals surface area contributed by atoms with E-state index in [1.807, 2.05) is 0 Å². The van der Waals surface area contributed by atoms with Gasteiger partial charge in [0.15, 0.2) is 0 Å². The molecule has 70 valence electrons. The Balaban J connectivity index is 2.22. The highest BCUT2D eigenvalue weighted by Crippen LogP contribution is 1.82. The molecule has 1 aromatic rings. The van der Waals surface area contributed by atoms with Crippen molar-refractivity contribution in [3.05, 3.63) is 25.0 Å². The average Bonchev–Trinajstić information content (AvgIpc) is 2.57. The number of hydrogen-bond donors (Lipinski definition) is 1. The predicted molar refractivity (Wildman–Crippen MR) is 47.8 cm³/mol. The summed E-state index contributed by atoms with van der Waals surface area (Å²) in [5.41, 5.74) is 0. The maximum absolute atomic E-state index is 11.2. The first-order chi connectivity index (χ1) is 6.33. The highest BCUT2D eigenvalue weighted by Gasteiger charge is 2.00. The molecule has 0 saturated carbocycles. The van der Waals surface area contributed by atoms with Gasteiger partial charge in [-0.1, -0.05) is 11.3 Å². The SMILES string of the molecule is C=CCCNC(=O)Cn1ccnn1. The maximum atomic E-state index is 11.2. The van der Waals surface area contributed by atoms with Gasteiger partial charge in [0.05, 0.1) is 6.20 Å². The van der Waals surface area contributed by atoms with Gasteiger partial charge in [-0.05, 0) is 6.42 Å². The number of carbonyl (C=O) groups is 1. The summed E-state index contributed by atoms with van der Waals surface area (Å²) < 4.78 is 1.48. The van der Waals surface area contributed by atoms with Crippen LogP contribution in [0.15, 0.2) is 25.0 Å². The Labute approximate surface area is 76.4 Å². The van der Waals surface area contributed by atoms with Crippen LogP contribution in [0.3, 0.4) is 0 Å². The molecule has 0 atom stereocenters. The number of rotatable bonds is 5. The van der Waals surface area contributed by atoms with Gasteiger partial charge in [-0.15, -0.1) is 11.7 Å². The molecule has 5 nitrogen and oxygen atoms in total. The number of carbonyl (C=O) groups excluding carboxylic acids is 1. The molecule has 0 spiro atoms. The molecule has 1 aromatic heterocycles. The molecular weight excluding hydrogens is 168 g/mol. The summed E-state index contributed by atoms with van der Waals surface area (Å²) in [6.45, 7) is 4.40. The second-order valence-electron chi connectivity index (χ2n) is 2.53. The normalized spacial score (nSPS) is 9.54. The minimum absolute atomic E-state index is 0.0626. The van der Waals surface area contributed by atoms with Crippen LogP contribution < -0.4 is 5.32 Å². The van der Waals surface area contributed by atoms with Gasteiger partial charge in [-0.2, -0.15) is 0 Å². The first-order valence-corrected chi connectivity index (χ1v) is 4.04. The third-order valence-electron chi connectivity index (χ3n) is 1.45. The van der Waals surface area contributed by atoms with Gasteiger partial charge in [-0.25, -0.2) is 4.68 Å². The highest BCUT2D eigenvalue weighted by atomic mass is 16.2. The van der Waals surface area contributed by atoms with Gasteiger partial charge < -0.3 is 5.32 Å². The Kier molecular flexibility index (Phi) is 3.69. The van der Waals surface area contributed by atoms with Crippen LogP contribution in [0, 0.1) is 0 Å². The van der Waals surface area contributed by atoms with Crippen molar-refractivity contribution in [2.75, 3.05) is 6.54 Å². The monoisotopic (exact) mass is 180 g/mol. The second kappa shape index (κ2) is 5.08. The topological polar surface area (TPSA) is 59.8 Å². The summed E-state index contributed by atoms with van der Waals surface area (Å²) >= 11 is 0. The summed E-state index contributed by atoms with van der Waals surface area (Å²) in [5, 5.41) is 9.98.